The smallest absolute Gasteiger partial charge is 0.441 e. The number of carbonyl (C=O) groups is 1. The Kier molecular flexibility index (Phi) is 4.51. The van der Waals surface area contributed by atoms with E-state index in [1.807, 2.05) is 0 Å². The number of halogens is 3. The lowest BCUT2D eigenvalue weighted by molar-refractivity contribution is -0.0328. The molecule has 0 spiro atoms. The zero-order chi connectivity index (χ0) is 15.5. The summed E-state index contributed by atoms with van der Waals surface area (Å²) in [6.07, 6.45) is 0. The number of aromatic nitrogens is 3. The van der Waals surface area contributed by atoms with Gasteiger partial charge in [-0.2, -0.15) is 13.2 Å². The van der Waals surface area contributed by atoms with Crippen molar-refractivity contribution in [3.63, 3.8) is 0 Å². The molecule has 9 heteroatoms. The first-order chi connectivity index (χ1) is 9.88. The van der Waals surface area contributed by atoms with Crippen molar-refractivity contribution in [3.8, 4) is 11.3 Å². The van der Waals surface area contributed by atoms with Crippen molar-refractivity contribution in [1.29, 1.82) is 0 Å². The monoisotopic (exact) mass is 317 g/mol. The van der Waals surface area contributed by atoms with Gasteiger partial charge in [0, 0.05) is 11.3 Å². The molecular formula is C12H10F3N3O2S. The summed E-state index contributed by atoms with van der Waals surface area (Å²) in [5.41, 5.74) is -3.87. The predicted molar refractivity (Wildman–Crippen MR) is 70.9 cm³/mol. The maximum atomic E-state index is 12.1. The second-order valence-corrected chi connectivity index (χ2v) is 5.14. The molecule has 1 N–H and O–H groups in total. The first kappa shape index (κ1) is 15.4. The number of nitrogens with zero attached hydrogens (tertiary/aromatic N) is 3. The third-order valence-corrected chi connectivity index (χ3v) is 3.27. The highest BCUT2D eigenvalue weighted by Gasteiger charge is 2.28. The van der Waals surface area contributed by atoms with Crippen molar-refractivity contribution < 1.29 is 23.1 Å². The standard InChI is InChI=1S/C12H10F3N3O2S/c13-12(14,15)21-7-6-18-10(8-4-2-1-3-5-8)9(11(19)20)16-17-18/h1-5H,6-7H2,(H,19,20). The minimum absolute atomic E-state index is 0.0886. The van der Waals surface area contributed by atoms with Crippen LogP contribution in [0, 0.1) is 0 Å². The van der Waals surface area contributed by atoms with Crippen molar-refractivity contribution >= 4 is 17.7 Å². The summed E-state index contributed by atoms with van der Waals surface area (Å²) in [5, 5.41) is 16.3. The van der Waals surface area contributed by atoms with Crippen molar-refractivity contribution in [2.24, 2.45) is 0 Å². The number of hydrogen-bond acceptors (Lipinski definition) is 4. The molecule has 2 rings (SSSR count). The van der Waals surface area contributed by atoms with E-state index in [1.165, 1.54) is 4.68 Å². The molecule has 5 nitrogen and oxygen atoms in total. The van der Waals surface area contributed by atoms with Gasteiger partial charge in [-0.15, -0.1) is 5.10 Å². The summed E-state index contributed by atoms with van der Waals surface area (Å²) in [7, 11) is 0. The van der Waals surface area contributed by atoms with E-state index in [0.717, 1.165) is 0 Å². The van der Waals surface area contributed by atoms with Gasteiger partial charge in [-0.25, -0.2) is 9.48 Å². The van der Waals surface area contributed by atoms with Crippen LogP contribution in [0.4, 0.5) is 13.2 Å². The number of aromatic carboxylic acids is 1. The van der Waals surface area contributed by atoms with Crippen molar-refractivity contribution in [3.05, 3.63) is 36.0 Å². The van der Waals surface area contributed by atoms with Gasteiger partial charge in [0.25, 0.3) is 0 Å². The van der Waals surface area contributed by atoms with Gasteiger partial charge in [-0.1, -0.05) is 35.5 Å². The average Bonchev–Trinajstić information content (AvgIpc) is 2.82. The summed E-state index contributed by atoms with van der Waals surface area (Å²) in [4.78, 5) is 11.1. The molecule has 0 aliphatic rings. The van der Waals surface area contributed by atoms with Crippen LogP contribution in [-0.2, 0) is 6.54 Å². The quantitative estimate of drug-likeness (QED) is 0.918. The van der Waals surface area contributed by atoms with E-state index >= 15 is 0 Å². The van der Waals surface area contributed by atoms with Crippen LogP contribution in [0.1, 0.15) is 10.5 Å². The molecule has 1 aromatic heterocycles. The number of rotatable bonds is 5. The molecule has 21 heavy (non-hydrogen) atoms. The van der Waals surface area contributed by atoms with Gasteiger partial charge >= 0.3 is 11.5 Å². The number of alkyl halides is 3. The minimum atomic E-state index is -4.33. The fourth-order valence-corrected chi connectivity index (χ4v) is 2.24. The Morgan fingerprint density at radius 2 is 1.95 bits per heavy atom. The summed E-state index contributed by atoms with van der Waals surface area (Å²) in [6.45, 7) is -0.0886. The summed E-state index contributed by atoms with van der Waals surface area (Å²) in [6, 6.07) is 8.44. The van der Waals surface area contributed by atoms with E-state index in [0.29, 0.717) is 5.56 Å². The fraction of sp³-hybridized carbons (Fsp3) is 0.250. The number of benzene rings is 1. The van der Waals surface area contributed by atoms with Crippen LogP contribution in [-0.4, -0.2) is 37.3 Å². The van der Waals surface area contributed by atoms with E-state index < -0.39 is 11.5 Å². The maximum absolute atomic E-state index is 12.1. The lowest BCUT2D eigenvalue weighted by Gasteiger charge is -2.08. The molecule has 0 aliphatic heterocycles. The molecule has 0 aliphatic carbocycles. The molecule has 0 radical (unpaired) electrons. The molecular weight excluding hydrogens is 307 g/mol. The van der Waals surface area contributed by atoms with Crippen LogP contribution in [0.25, 0.3) is 11.3 Å². The summed E-state index contributed by atoms with van der Waals surface area (Å²) in [5.74, 6) is -1.55. The lowest BCUT2D eigenvalue weighted by atomic mass is 10.1. The second-order valence-electron chi connectivity index (χ2n) is 3.98. The number of hydrogen-bond donors (Lipinski definition) is 1. The van der Waals surface area contributed by atoms with E-state index in [2.05, 4.69) is 10.3 Å². The Hall–Kier alpha value is -2.03. The van der Waals surface area contributed by atoms with Gasteiger partial charge in [0.15, 0.2) is 5.69 Å². The van der Waals surface area contributed by atoms with E-state index in [9.17, 15) is 18.0 Å². The first-order valence-electron chi connectivity index (χ1n) is 5.81. The number of thioether (sulfide) groups is 1. The minimum Gasteiger partial charge on any atom is -0.476 e. The number of carboxylic acid groups (broad SMARTS) is 1. The Morgan fingerprint density at radius 3 is 2.52 bits per heavy atom. The normalized spacial score (nSPS) is 11.6. The molecule has 0 saturated heterocycles. The van der Waals surface area contributed by atoms with Crippen molar-refractivity contribution in [2.45, 2.75) is 12.1 Å². The second kappa shape index (κ2) is 6.17. The predicted octanol–water partition coefficient (Wildman–Crippen LogP) is 2.90. The summed E-state index contributed by atoms with van der Waals surface area (Å²) < 4.78 is 37.6. The Morgan fingerprint density at radius 1 is 1.29 bits per heavy atom. The highest BCUT2D eigenvalue weighted by Crippen LogP contribution is 2.30. The number of aryl methyl sites for hydroxylation is 1. The molecule has 0 bridgehead atoms. The van der Waals surface area contributed by atoms with Crippen molar-refractivity contribution in [2.75, 3.05) is 5.75 Å². The van der Waals surface area contributed by atoms with Gasteiger partial charge in [-0.3, -0.25) is 0 Å². The molecule has 1 heterocycles. The third kappa shape index (κ3) is 3.97. The number of carboxylic acids is 1. The highest BCUT2D eigenvalue weighted by molar-refractivity contribution is 8.00. The van der Waals surface area contributed by atoms with Crippen LogP contribution < -0.4 is 0 Å². The van der Waals surface area contributed by atoms with Crippen LogP contribution in [0.3, 0.4) is 0 Å². The Bertz CT molecular complexity index is 628. The van der Waals surface area contributed by atoms with Gasteiger partial charge < -0.3 is 5.11 Å². The van der Waals surface area contributed by atoms with Gasteiger partial charge in [-0.05, 0) is 11.8 Å². The lowest BCUT2D eigenvalue weighted by Crippen LogP contribution is -2.10. The molecule has 112 valence electrons. The summed E-state index contributed by atoms with van der Waals surface area (Å²) >= 11 is -0.186. The molecule has 0 saturated carbocycles. The van der Waals surface area contributed by atoms with Crippen LogP contribution in [0.15, 0.2) is 30.3 Å². The van der Waals surface area contributed by atoms with Crippen LogP contribution in [0.5, 0.6) is 0 Å². The Balaban J connectivity index is 2.28. The molecule has 1 aromatic carbocycles. The molecule has 0 amide bonds. The molecule has 0 fully saturated rings. The maximum Gasteiger partial charge on any atom is 0.441 e. The molecule has 0 atom stereocenters. The van der Waals surface area contributed by atoms with Gasteiger partial charge in [0.1, 0.15) is 5.69 Å². The van der Waals surface area contributed by atoms with Crippen LogP contribution in [0.2, 0.25) is 0 Å². The SMILES string of the molecule is O=C(O)c1nnn(CCSC(F)(F)F)c1-c1ccccc1. The first-order valence-corrected chi connectivity index (χ1v) is 6.80. The van der Waals surface area contributed by atoms with Gasteiger partial charge in [0.05, 0.1) is 6.54 Å². The van der Waals surface area contributed by atoms with Crippen LogP contribution >= 0.6 is 11.8 Å². The fourth-order valence-electron chi connectivity index (χ4n) is 1.74. The van der Waals surface area contributed by atoms with E-state index in [4.69, 9.17) is 5.11 Å². The average molecular weight is 317 g/mol. The zero-order valence-corrected chi connectivity index (χ0v) is 11.4. The van der Waals surface area contributed by atoms with E-state index in [-0.39, 0.29) is 35.4 Å². The van der Waals surface area contributed by atoms with Crippen molar-refractivity contribution in [1.82, 2.24) is 15.0 Å². The molecule has 0 unspecified atom stereocenters. The largest absolute Gasteiger partial charge is 0.476 e. The Labute approximate surface area is 121 Å². The zero-order valence-electron chi connectivity index (χ0n) is 10.5. The molecule has 2 aromatic rings. The van der Waals surface area contributed by atoms with Gasteiger partial charge in [0.2, 0.25) is 0 Å². The topological polar surface area (TPSA) is 68.0 Å². The third-order valence-electron chi connectivity index (χ3n) is 2.55. The highest BCUT2D eigenvalue weighted by atomic mass is 32.2. The van der Waals surface area contributed by atoms with E-state index in [1.54, 1.807) is 30.3 Å².